The van der Waals surface area contributed by atoms with E-state index in [2.05, 4.69) is 29.1 Å². The summed E-state index contributed by atoms with van der Waals surface area (Å²) in [6.07, 6.45) is 4.29. The highest BCUT2D eigenvalue weighted by Crippen LogP contribution is 2.32. The summed E-state index contributed by atoms with van der Waals surface area (Å²) in [4.78, 5) is 16.2. The normalized spacial score (nSPS) is 13.7. The Bertz CT molecular complexity index is 616. The fraction of sp³-hybridized carbons (Fsp3) is 0.214. The number of hydrogen-bond acceptors (Lipinski definition) is 2. The van der Waals surface area contributed by atoms with Gasteiger partial charge >= 0.3 is 5.97 Å². The van der Waals surface area contributed by atoms with E-state index >= 15 is 0 Å². The molecule has 0 unspecified atom stereocenters. The third-order valence-electron chi connectivity index (χ3n) is 3.49. The largest absolute Gasteiger partial charge is 0.478 e. The lowest BCUT2D eigenvalue weighted by molar-refractivity contribution is 0.0698. The van der Waals surface area contributed by atoms with E-state index in [4.69, 9.17) is 5.11 Å². The van der Waals surface area contributed by atoms with Crippen molar-refractivity contribution in [1.29, 1.82) is 0 Å². The van der Waals surface area contributed by atoms with Gasteiger partial charge in [-0.3, -0.25) is 0 Å². The molecule has 1 aliphatic rings. The summed E-state index contributed by atoms with van der Waals surface area (Å²) in [5.41, 5.74) is 4.56. The molecule has 3 rings (SSSR count). The summed E-state index contributed by atoms with van der Waals surface area (Å²) in [6, 6.07) is 6.14. The number of H-pyrrole nitrogens is 1. The zero-order valence-corrected chi connectivity index (χ0v) is 10.1. The Labute approximate surface area is 105 Å². The Hall–Kier alpha value is -2.23. The molecular weight excluding hydrogens is 228 g/mol. The lowest BCUT2D eigenvalue weighted by Crippen LogP contribution is -2.12. The van der Waals surface area contributed by atoms with E-state index < -0.39 is 5.97 Å². The first kappa shape index (κ1) is 10.9. The smallest absolute Gasteiger partial charge is 0.337 e. The first-order valence-electron chi connectivity index (χ1n) is 5.91. The minimum atomic E-state index is -0.899. The first-order chi connectivity index (χ1) is 8.66. The van der Waals surface area contributed by atoms with Gasteiger partial charge in [-0.2, -0.15) is 0 Å². The van der Waals surface area contributed by atoms with Crippen LogP contribution >= 0.6 is 0 Å². The number of aromatic carboxylic acids is 1. The number of nitrogens with zero attached hydrogens (tertiary/aromatic N) is 1. The van der Waals surface area contributed by atoms with E-state index in [-0.39, 0.29) is 0 Å². The number of carboxylic acid groups (broad SMARTS) is 1. The molecule has 18 heavy (non-hydrogen) atoms. The summed E-state index contributed by atoms with van der Waals surface area (Å²) >= 11 is 0. The van der Waals surface area contributed by atoms with Crippen molar-refractivity contribution in [3.05, 3.63) is 41.7 Å². The molecule has 1 aromatic heterocycles. The zero-order chi connectivity index (χ0) is 12.7. The number of anilines is 1. The second-order valence-electron chi connectivity index (χ2n) is 4.60. The summed E-state index contributed by atoms with van der Waals surface area (Å²) in [7, 11) is 2.07. The van der Waals surface area contributed by atoms with Crippen LogP contribution in [0, 0.1) is 0 Å². The molecule has 0 spiro atoms. The number of aromatic amines is 1. The van der Waals surface area contributed by atoms with E-state index in [1.807, 2.05) is 6.07 Å². The average Bonchev–Trinajstić information content (AvgIpc) is 2.96. The summed E-state index contributed by atoms with van der Waals surface area (Å²) in [5, 5.41) is 9.12. The second-order valence-corrected chi connectivity index (χ2v) is 4.60. The third kappa shape index (κ3) is 1.57. The maximum Gasteiger partial charge on any atom is 0.337 e. The van der Waals surface area contributed by atoms with Gasteiger partial charge in [-0.25, -0.2) is 4.79 Å². The molecule has 92 valence electrons. The van der Waals surface area contributed by atoms with Crippen molar-refractivity contribution in [3.8, 4) is 11.1 Å². The van der Waals surface area contributed by atoms with Crippen LogP contribution in [0.4, 0.5) is 5.69 Å². The topological polar surface area (TPSA) is 56.3 Å². The lowest BCUT2D eigenvalue weighted by Gasteiger charge is -2.12. The zero-order valence-electron chi connectivity index (χ0n) is 10.1. The molecule has 1 aromatic carbocycles. The molecule has 4 nitrogen and oxygen atoms in total. The average molecular weight is 242 g/mol. The van der Waals surface area contributed by atoms with E-state index in [0.717, 1.165) is 24.1 Å². The molecular formula is C14H14N2O2. The van der Waals surface area contributed by atoms with Gasteiger partial charge in [0.25, 0.3) is 0 Å². The highest BCUT2D eigenvalue weighted by molar-refractivity contribution is 5.96. The van der Waals surface area contributed by atoms with Gasteiger partial charge in [-0.1, -0.05) is 6.07 Å². The van der Waals surface area contributed by atoms with Crippen LogP contribution in [0.15, 0.2) is 30.6 Å². The number of likely N-dealkylation sites (N-methyl/N-ethyl adjacent to an activating group) is 1. The molecule has 1 aliphatic heterocycles. The van der Waals surface area contributed by atoms with E-state index in [9.17, 15) is 4.79 Å². The lowest BCUT2D eigenvalue weighted by atomic mass is 10.0. The van der Waals surface area contributed by atoms with Crippen LogP contribution in [-0.2, 0) is 6.42 Å². The fourth-order valence-electron chi connectivity index (χ4n) is 2.51. The Morgan fingerprint density at radius 1 is 1.39 bits per heavy atom. The molecule has 0 radical (unpaired) electrons. The van der Waals surface area contributed by atoms with Gasteiger partial charge < -0.3 is 15.0 Å². The van der Waals surface area contributed by atoms with Crippen molar-refractivity contribution in [1.82, 2.24) is 4.98 Å². The van der Waals surface area contributed by atoms with Gasteiger partial charge in [0, 0.05) is 37.2 Å². The monoisotopic (exact) mass is 242 g/mol. The van der Waals surface area contributed by atoms with E-state index in [1.54, 1.807) is 6.20 Å². The highest BCUT2D eigenvalue weighted by atomic mass is 16.4. The quantitative estimate of drug-likeness (QED) is 0.850. The van der Waals surface area contributed by atoms with E-state index in [1.165, 1.54) is 17.4 Å². The number of hydrogen-bond donors (Lipinski definition) is 2. The van der Waals surface area contributed by atoms with Crippen LogP contribution in [0.25, 0.3) is 11.1 Å². The minimum absolute atomic E-state index is 0.321. The molecule has 0 amide bonds. The molecule has 0 fully saturated rings. The van der Waals surface area contributed by atoms with Gasteiger partial charge in [0.15, 0.2) is 0 Å². The van der Waals surface area contributed by atoms with E-state index in [0.29, 0.717) is 5.56 Å². The summed E-state index contributed by atoms with van der Waals surface area (Å²) < 4.78 is 0. The molecule has 0 atom stereocenters. The molecule has 2 heterocycles. The number of rotatable bonds is 2. The standard InChI is InChI=1S/C14H14N2O2/c1-16-5-4-10-6-9(2-3-13(10)16)11-7-15-8-12(11)14(17)18/h2-3,6-8,15H,4-5H2,1H3,(H,17,18). The van der Waals surface area contributed by atoms with Gasteiger partial charge in [-0.05, 0) is 29.7 Å². The van der Waals surface area contributed by atoms with Crippen molar-refractivity contribution in [2.24, 2.45) is 0 Å². The Kier molecular flexibility index (Phi) is 2.37. The van der Waals surface area contributed by atoms with Crippen LogP contribution < -0.4 is 4.90 Å². The summed E-state index contributed by atoms with van der Waals surface area (Å²) in [6.45, 7) is 1.03. The predicted molar refractivity (Wildman–Crippen MR) is 70.2 cm³/mol. The number of carboxylic acids is 1. The predicted octanol–water partition coefficient (Wildman–Crippen LogP) is 2.37. The van der Waals surface area contributed by atoms with Crippen LogP contribution in [-0.4, -0.2) is 29.7 Å². The maximum absolute atomic E-state index is 11.1. The fourth-order valence-corrected chi connectivity index (χ4v) is 2.51. The Morgan fingerprint density at radius 2 is 2.22 bits per heavy atom. The molecule has 0 aliphatic carbocycles. The first-order valence-corrected chi connectivity index (χ1v) is 5.91. The Balaban J connectivity index is 2.08. The number of nitrogens with one attached hydrogen (secondary N) is 1. The van der Waals surface area contributed by atoms with Crippen molar-refractivity contribution >= 4 is 11.7 Å². The van der Waals surface area contributed by atoms with Crippen molar-refractivity contribution < 1.29 is 9.90 Å². The Morgan fingerprint density at radius 3 is 3.00 bits per heavy atom. The van der Waals surface area contributed by atoms with Crippen molar-refractivity contribution in [2.75, 3.05) is 18.5 Å². The molecule has 2 N–H and O–H groups in total. The van der Waals surface area contributed by atoms with Crippen LogP contribution in [0.1, 0.15) is 15.9 Å². The molecule has 4 heteroatoms. The summed E-state index contributed by atoms with van der Waals surface area (Å²) in [5.74, 6) is -0.899. The second kappa shape index (κ2) is 3.91. The molecule has 0 saturated heterocycles. The van der Waals surface area contributed by atoms with Crippen LogP contribution in [0.3, 0.4) is 0 Å². The molecule has 2 aromatic rings. The maximum atomic E-state index is 11.1. The molecule has 0 saturated carbocycles. The molecule has 0 bridgehead atoms. The van der Waals surface area contributed by atoms with Gasteiger partial charge in [0.1, 0.15) is 0 Å². The number of benzene rings is 1. The van der Waals surface area contributed by atoms with Crippen LogP contribution in [0.5, 0.6) is 0 Å². The number of fused-ring (bicyclic) bond motifs is 1. The van der Waals surface area contributed by atoms with Crippen molar-refractivity contribution in [2.45, 2.75) is 6.42 Å². The van der Waals surface area contributed by atoms with Crippen molar-refractivity contribution in [3.63, 3.8) is 0 Å². The number of carbonyl (C=O) groups is 1. The number of aromatic nitrogens is 1. The third-order valence-corrected chi connectivity index (χ3v) is 3.49. The SMILES string of the molecule is CN1CCc2cc(-c3c[nH]cc3C(=O)O)ccc21. The van der Waals surface area contributed by atoms with Gasteiger partial charge in [0.2, 0.25) is 0 Å². The van der Waals surface area contributed by atoms with Gasteiger partial charge in [-0.15, -0.1) is 0 Å². The van der Waals surface area contributed by atoms with Crippen LogP contribution in [0.2, 0.25) is 0 Å². The minimum Gasteiger partial charge on any atom is -0.478 e. The highest BCUT2D eigenvalue weighted by Gasteiger charge is 2.18. The van der Waals surface area contributed by atoms with Gasteiger partial charge in [0.05, 0.1) is 5.56 Å².